The van der Waals surface area contributed by atoms with Crippen molar-refractivity contribution in [3.8, 4) is 0 Å². The summed E-state index contributed by atoms with van der Waals surface area (Å²) in [4.78, 5) is 35.3. The molecule has 10 nitrogen and oxygen atoms in total. The van der Waals surface area contributed by atoms with Gasteiger partial charge in [-0.1, -0.05) is 159 Å². The number of hydrogen-bond acceptors (Lipinski definition) is 8. The van der Waals surface area contributed by atoms with Gasteiger partial charge in [0.2, 0.25) is 0 Å². The van der Waals surface area contributed by atoms with Crippen LogP contribution in [0.25, 0.3) is 0 Å². The molecule has 2 unspecified atom stereocenters. The van der Waals surface area contributed by atoms with Crippen LogP contribution in [0, 0.1) is 0 Å². The molecule has 11 heteroatoms. The minimum absolute atomic E-state index is 0.00571. The Labute approximate surface area is 342 Å². The molecule has 0 saturated carbocycles. The fourth-order valence-corrected chi connectivity index (χ4v) is 6.42. The maximum absolute atomic E-state index is 12.7. The van der Waals surface area contributed by atoms with E-state index in [1.165, 1.54) is 89.9 Å². The number of aliphatic hydroxyl groups is 1. The summed E-state index contributed by atoms with van der Waals surface area (Å²) >= 11 is 0. The highest BCUT2D eigenvalue weighted by molar-refractivity contribution is 7.47. The molecule has 0 heterocycles. The first-order valence-electron chi connectivity index (χ1n) is 22.0. The number of carbonyl (C=O) groups excluding carboxylic acids is 2. The molecule has 0 aromatic carbocycles. The average Bonchev–Trinajstić information content (AvgIpc) is 3.14. The number of carbonyl (C=O) groups is 2. The highest BCUT2D eigenvalue weighted by Gasteiger charge is 2.27. The smallest absolute Gasteiger partial charge is 0.462 e. The molecule has 0 rings (SSSR count). The number of esters is 2. The molecule has 0 aliphatic heterocycles. The van der Waals surface area contributed by atoms with Gasteiger partial charge >= 0.3 is 19.8 Å². The summed E-state index contributed by atoms with van der Waals surface area (Å²) in [5, 5.41) is 10.2. The van der Waals surface area contributed by atoms with E-state index in [0.29, 0.717) is 30.3 Å². The third-order valence-corrected chi connectivity index (χ3v) is 10.2. The molecule has 56 heavy (non-hydrogen) atoms. The number of rotatable bonds is 39. The molecule has 0 amide bonds. The van der Waals surface area contributed by atoms with Gasteiger partial charge in [-0.25, -0.2) is 4.57 Å². The second kappa shape index (κ2) is 37.2. The lowest BCUT2D eigenvalue weighted by molar-refractivity contribution is -0.870. The zero-order valence-corrected chi connectivity index (χ0v) is 37.1. The molecule has 0 aliphatic carbocycles. The van der Waals surface area contributed by atoms with Crippen LogP contribution in [0.2, 0.25) is 0 Å². The van der Waals surface area contributed by atoms with Crippen LogP contribution in [0.4, 0.5) is 0 Å². The van der Waals surface area contributed by atoms with Crippen molar-refractivity contribution in [3.63, 3.8) is 0 Å². The molecule has 0 saturated heterocycles. The number of allylic oxidation sites excluding steroid dienone is 6. The van der Waals surface area contributed by atoms with Crippen LogP contribution >= 0.6 is 7.82 Å². The summed E-state index contributed by atoms with van der Waals surface area (Å²) in [6.45, 7) is 4.22. The number of unbranched alkanes of at least 4 members (excludes halogenated alkanes) is 17. The SMILES string of the molecule is CCCCC/C=C\C/C=C\CC(O)/C=C\C=C\CCCC(=O)O[C@H](COC(=O)CCCCCCCCCCCCCCCC)COP(=O)(O)OCC[N+](C)(C)C. The Morgan fingerprint density at radius 2 is 1.20 bits per heavy atom. The normalized spacial score (nSPS) is 14.6. The summed E-state index contributed by atoms with van der Waals surface area (Å²) in [6, 6.07) is 0. The number of nitrogens with zero attached hydrogens (tertiary/aromatic N) is 1. The molecular formula is C45H83NO9P+. The van der Waals surface area contributed by atoms with Gasteiger partial charge in [-0.3, -0.25) is 18.6 Å². The van der Waals surface area contributed by atoms with Crippen molar-refractivity contribution in [3.05, 3.63) is 48.6 Å². The zero-order valence-electron chi connectivity index (χ0n) is 36.2. The van der Waals surface area contributed by atoms with Crippen LogP contribution in [0.3, 0.4) is 0 Å². The Morgan fingerprint density at radius 3 is 1.82 bits per heavy atom. The van der Waals surface area contributed by atoms with Gasteiger partial charge in [-0.05, 0) is 44.9 Å². The summed E-state index contributed by atoms with van der Waals surface area (Å²) in [6.07, 6.45) is 39.0. The van der Waals surface area contributed by atoms with E-state index in [9.17, 15) is 24.2 Å². The lowest BCUT2D eigenvalue weighted by atomic mass is 10.0. The van der Waals surface area contributed by atoms with Crippen molar-refractivity contribution in [1.82, 2.24) is 0 Å². The summed E-state index contributed by atoms with van der Waals surface area (Å²) < 4.78 is 34.2. The number of quaternary nitrogens is 1. The standard InChI is InChI=1S/C45H82NO9P/c1-6-8-10-12-14-16-17-18-19-20-22-24-28-32-36-44(48)52-40-43(41-54-56(50,51)53-39-38-46(3,4)5)55-45(49)37-33-29-25-27-31-35-42(47)34-30-26-23-21-15-13-11-9-7-2/h15,21,25-27,30-31,35,42-43,47H,6-14,16-20,22-24,28-29,32-34,36-41H2,1-5H3/p+1/b21-15-,27-25+,30-26-,35-31-/t42?,43-/m1/s1. The Balaban J connectivity index is 4.55. The third-order valence-electron chi connectivity index (χ3n) is 9.19. The fourth-order valence-electron chi connectivity index (χ4n) is 5.67. The number of aliphatic hydroxyl groups excluding tert-OH is 1. The number of likely N-dealkylation sites (N-methyl/N-ethyl adjacent to an activating group) is 1. The average molecular weight is 813 g/mol. The van der Waals surface area contributed by atoms with Crippen molar-refractivity contribution in [1.29, 1.82) is 0 Å². The molecule has 0 aromatic heterocycles. The zero-order chi connectivity index (χ0) is 41.6. The fraction of sp³-hybridized carbons (Fsp3) is 0.778. The molecule has 0 spiro atoms. The van der Waals surface area contributed by atoms with Crippen LogP contribution in [-0.2, 0) is 32.7 Å². The quantitative estimate of drug-likeness (QED) is 0.0156. The molecule has 0 fully saturated rings. The van der Waals surface area contributed by atoms with Crippen LogP contribution in [0.5, 0.6) is 0 Å². The Kier molecular flexibility index (Phi) is 35.8. The number of phosphoric acid groups is 1. The number of ether oxygens (including phenoxy) is 2. The second-order valence-electron chi connectivity index (χ2n) is 15.9. The summed E-state index contributed by atoms with van der Waals surface area (Å²) in [5.41, 5.74) is 0. The third kappa shape index (κ3) is 40.1. The Bertz CT molecular complexity index is 1120. The predicted octanol–water partition coefficient (Wildman–Crippen LogP) is 11.3. The van der Waals surface area contributed by atoms with Gasteiger partial charge in [-0.2, -0.15) is 0 Å². The lowest BCUT2D eigenvalue weighted by Crippen LogP contribution is -2.37. The van der Waals surface area contributed by atoms with Crippen molar-refractivity contribution < 1.29 is 47.2 Å². The molecule has 0 radical (unpaired) electrons. The minimum Gasteiger partial charge on any atom is -0.462 e. The molecule has 2 N–H and O–H groups in total. The number of phosphoric ester groups is 1. The Morgan fingerprint density at radius 1 is 0.643 bits per heavy atom. The summed E-state index contributed by atoms with van der Waals surface area (Å²) in [7, 11) is 1.39. The topological polar surface area (TPSA) is 129 Å². The maximum atomic E-state index is 12.7. The molecule has 0 aliphatic rings. The van der Waals surface area contributed by atoms with E-state index >= 15 is 0 Å². The van der Waals surface area contributed by atoms with Gasteiger partial charge in [0.25, 0.3) is 0 Å². The highest BCUT2D eigenvalue weighted by Crippen LogP contribution is 2.43. The molecule has 0 aromatic rings. The van der Waals surface area contributed by atoms with Crippen LogP contribution in [0.1, 0.15) is 168 Å². The largest absolute Gasteiger partial charge is 0.472 e. The minimum atomic E-state index is -4.41. The predicted molar refractivity (Wildman–Crippen MR) is 230 cm³/mol. The van der Waals surface area contributed by atoms with Gasteiger partial charge in [0, 0.05) is 12.8 Å². The van der Waals surface area contributed by atoms with Crippen molar-refractivity contribution in [2.75, 3.05) is 47.5 Å². The molecule has 326 valence electrons. The highest BCUT2D eigenvalue weighted by atomic mass is 31.2. The van der Waals surface area contributed by atoms with Crippen molar-refractivity contribution in [2.45, 2.75) is 180 Å². The lowest BCUT2D eigenvalue weighted by Gasteiger charge is -2.24. The second-order valence-corrected chi connectivity index (χ2v) is 17.4. The van der Waals surface area contributed by atoms with Gasteiger partial charge < -0.3 is 24.0 Å². The van der Waals surface area contributed by atoms with E-state index < -0.39 is 38.6 Å². The molecule has 0 bridgehead atoms. The van der Waals surface area contributed by atoms with Crippen LogP contribution in [-0.4, -0.2) is 86.1 Å². The maximum Gasteiger partial charge on any atom is 0.472 e. The van der Waals surface area contributed by atoms with E-state index in [1.807, 2.05) is 39.4 Å². The van der Waals surface area contributed by atoms with E-state index in [0.717, 1.165) is 32.1 Å². The monoisotopic (exact) mass is 813 g/mol. The molecule has 3 atom stereocenters. The van der Waals surface area contributed by atoms with E-state index in [-0.39, 0.29) is 26.1 Å². The van der Waals surface area contributed by atoms with Crippen molar-refractivity contribution in [2.24, 2.45) is 0 Å². The summed E-state index contributed by atoms with van der Waals surface area (Å²) in [5.74, 6) is -0.927. The first kappa shape index (κ1) is 53.9. The van der Waals surface area contributed by atoms with Gasteiger partial charge in [-0.15, -0.1) is 0 Å². The van der Waals surface area contributed by atoms with Gasteiger partial charge in [0.1, 0.15) is 19.8 Å². The Hall–Kier alpha value is -2.07. The van der Waals surface area contributed by atoms with Crippen molar-refractivity contribution >= 4 is 19.8 Å². The van der Waals surface area contributed by atoms with E-state index in [1.54, 1.807) is 12.2 Å². The van der Waals surface area contributed by atoms with E-state index in [2.05, 4.69) is 32.1 Å². The van der Waals surface area contributed by atoms with Gasteiger partial charge in [0.05, 0.1) is 33.9 Å². The van der Waals surface area contributed by atoms with Crippen LogP contribution in [0.15, 0.2) is 48.6 Å². The first-order valence-corrected chi connectivity index (χ1v) is 23.5. The molecular weight excluding hydrogens is 729 g/mol. The number of hydrogen-bond donors (Lipinski definition) is 2. The first-order chi connectivity index (χ1) is 26.9. The van der Waals surface area contributed by atoms with E-state index in [4.69, 9.17) is 18.5 Å². The van der Waals surface area contributed by atoms with Gasteiger partial charge in [0.15, 0.2) is 6.10 Å². The van der Waals surface area contributed by atoms with Crippen LogP contribution < -0.4 is 0 Å².